The predicted molar refractivity (Wildman–Crippen MR) is 70.2 cm³/mol. The number of halogens is 1. The van der Waals surface area contributed by atoms with Gasteiger partial charge in [0.1, 0.15) is 11.6 Å². The van der Waals surface area contributed by atoms with Crippen molar-refractivity contribution in [2.45, 2.75) is 6.92 Å². The molecule has 8 heteroatoms. The van der Waals surface area contributed by atoms with Crippen LogP contribution >= 0.6 is 0 Å². The number of oxime groups is 1. The Labute approximate surface area is 113 Å². The second kappa shape index (κ2) is 5.39. The van der Waals surface area contributed by atoms with Crippen LogP contribution in [0.5, 0.6) is 0 Å². The molecule has 0 spiro atoms. The number of aryl methyl sites for hydroxylation is 1. The summed E-state index contributed by atoms with van der Waals surface area (Å²) in [6.07, 6.45) is 1.27. The number of hydrogen-bond acceptors (Lipinski definition) is 4. The maximum absolute atomic E-state index is 13.7. The van der Waals surface area contributed by atoms with Crippen LogP contribution in [-0.4, -0.2) is 27.1 Å². The summed E-state index contributed by atoms with van der Waals surface area (Å²) >= 11 is 0. The second-order valence-electron chi connectivity index (χ2n) is 4.08. The van der Waals surface area contributed by atoms with Crippen molar-refractivity contribution in [2.75, 3.05) is 5.32 Å². The first-order valence-corrected chi connectivity index (χ1v) is 5.61. The fourth-order valence-electron chi connectivity index (χ4n) is 1.61. The Morgan fingerprint density at radius 1 is 1.50 bits per heavy atom. The van der Waals surface area contributed by atoms with Gasteiger partial charge in [-0.2, -0.15) is 5.10 Å². The van der Waals surface area contributed by atoms with Crippen molar-refractivity contribution in [3.63, 3.8) is 0 Å². The van der Waals surface area contributed by atoms with E-state index in [9.17, 15) is 9.18 Å². The molecule has 1 amide bonds. The standard InChI is InChI=1S/C12H12FN5O2/c1-6-2-3-7(9(13)4-6)12(19)16-11-8(5-15-17-11)10(14)18-20/h2-5,20H,1H3,(H2,14,18)(H2,15,16,17,19). The first-order chi connectivity index (χ1) is 9.52. The molecule has 2 rings (SSSR count). The molecule has 7 nitrogen and oxygen atoms in total. The lowest BCUT2D eigenvalue weighted by Gasteiger charge is -2.06. The van der Waals surface area contributed by atoms with E-state index in [0.717, 1.165) is 0 Å². The summed E-state index contributed by atoms with van der Waals surface area (Å²) < 4.78 is 13.7. The molecular weight excluding hydrogens is 265 g/mol. The average Bonchev–Trinajstić information content (AvgIpc) is 2.85. The molecule has 104 valence electrons. The van der Waals surface area contributed by atoms with E-state index in [-0.39, 0.29) is 22.8 Å². The Balaban J connectivity index is 2.26. The van der Waals surface area contributed by atoms with Gasteiger partial charge < -0.3 is 16.3 Å². The topological polar surface area (TPSA) is 116 Å². The van der Waals surface area contributed by atoms with Gasteiger partial charge in [0.25, 0.3) is 5.91 Å². The van der Waals surface area contributed by atoms with Crippen LogP contribution in [0.3, 0.4) is 0 Å². The molecule has 0 aliphatic carbocycles. The molecule has 0 atom stereocenters. The number of nitrogens with two attached hydrogens (primary N) is 1. The molecule has 5 N–H and O–H groups in total. The zero-order valence-corrected chi connectivity index (χ0v) is 10.5. The monoisotopic (exact) mass is 277 g/mol. The van der Waals surface area contributed by atoms with Gasteiger partial charge in [-0.1, -0.05) is 11.2 Å². The highest BCUT2D eigenvalue weighted by Gasteiger charge is 2.16. The van der Waals surface area contributed by atoms with E-state index >= 15 is 0 Å². The molecule has 0 bridgehead atoms. The third-order valence-electron chi connectivity index (χ3n) is 2.63. The Kier molecular flexibility index (Phi) is 3.65. The van der Waals surface area contributed by atoms with Gasteiger partial charge in [0.2, 0.25) is 0 Å². The number of H-pyrrole nitrogens is 1. The number of aromatic amines is 1. The number of benzene rings is 1. The molecule has 0 unspecified atom stereocenters. The molecule has 20 heavy (non-hydrogen) atoms. The Hall–Kier alpha value is -2.90. The highest BCUT2D eigenvalue weighted by molar-refractivity contribution is 6.09. The molecule has 1 aromatic carbocycles. The van der Waals surface area contributed by atoms with E-state index in [1.54, 1.807) is 13.0 Å². The number of amides is 1. The lowest BCUT2D eigenvalue weighted by Crippen LogP contribution is -2.19. The molecule has 0 saturated carbocycles. The molecule has 1 heterocycles. The van der Waals surface area contributed by atoms with Gasteiger partial charge in [0.05, 0.1) is 17.3 Å². The molecule has 0 aliphatic heterocycles. The zero-order chi connectivity index (χ0) is 14.7. The second-order valence-corrected chi connectivity index (χ2v) is 4.08. The minimum absolute atomic E-state index is 0.115. The average molecular weight is 277 g/mol. The van der Waals surface area contributed by atoms with Crippen LogP contribution in [0, 0.1) is 12.7 Å². The van der Waals surface area contributed by atoms with Gasteiger partial charge in [-0.3, -0.25) is 9.89 Å². The molecule has 0 fully saturated rings. The summed E-state index contributed by atoms with van der Waals surface area (Å²) in [6, 6.07) is 4.25. The van der Waals surface area contributed by atoms with E-state index in [1.165, 1.54) is 18.3 Å². The van der Waals surface area contributed by atoms with E-state index in [4.69, 9.17) is 10.9 Å². The number of carbonyl (C=O) groups is 1. The molecule has 0 saturated heterocycles. The van der Waals surface area contributed by atoms with Crippen LogP contribution in [-0.2, 0) is 0 Å². The van der Waals surface area contributed by atoms with Gasteiger partial charge in [0.15, 0.2) is 5.84 Å². The first kappa shape index (κ1) is 13.5. The predicted octanol–water partition coefficient (Wildman–Crippen LogP) is 1.20. The van der Waals surface area contributed by atoms with E-state index in [1.807, 2.05) is 0 Å². The van der Waals surface area contributed by atoms with Crippen molar-refractivity contribution in [3.05, 3.63) is 46.9 Å². The maximum atomic E-state index is 13.7. The summed E-state index contributed by atoms with van der Waals surface area (Å²) in [4.78, 5) is 12.0. The van der Waals surface area contributed by atoms with E-state index in [2.05, 4.69) is 20.7 Å². The third-order valence-corrected chi connectivity index (χ3v) is 2.63. The van der Waals surface area contributed by atoms with Crippen molar-refractivity contribution in [1.82, 2.24) is 10.2 Å². The van der Waals surface area contributed by atoms with E-state index in [0.29, 0.717) is 5.56 Å². The lowest BCUT2D eigenvalue weighted by atomic mass is 10.1. The van der Waals surface area contributed by atoms with Crippen molar-refractivity contribution in [2.24, 2.45) is 10.9 Å². The Morgan fingerprint density at radius 2 is 2.25 bits per heavy atom. The van der Waals surface area contributed by atoms with Crippen molar-refractivity contribution >= 4 is 17.6 Å². The number of nitrogens with zero attached hydrogens (tertiary/aromatic N) is 2. The number of carbonyl (C=O) groups excluding carboxylic acids is 1. The minimum atomic E-state index is -0.668. The Bertz CT molecular complexity index is 680. The van der Waals surface area contributed by atoms with Gasteiger partial charge in [-0.25, -0.2) is 4.39 Å². The summed E-state index contributed by atoms with van der Waals surface area (Å²) in [6.45, 7) is 1.72. The fraction of sp³-hybridized carbons (Fsp3) is 0.0833. The summed E-state index contributed by atoms with van der Waals surface area (Å²) in [5, 5.41) is 20.0. The number of anilines is 1. The maximum Gasteiger partial charge on any atom is 0.259 e. The molecule has 0 aliphatic rings. The highest BCUT2D eigenvalue weighted by Crippen LogP contribution is 2.15. The normalized spacial score (nSPS) is 11.4. The molecular formula is C12H12FN5O2. The number of rotatable bonds is 3. The number of nitrogens with one attached hydrogen (secondary N) is 2. The summed E-state index contributed by atoms with van der Waals surface area (Å²) in [5.41, 5.74) is 6.21. The van der Waals surface area contributed by atoms with Crippen LogP contribution in [0.1, 0.15) is 21.5 Å². The van der Waals surface area contributed by atoms with Crippen molar-refractivity contribution in [1.29, 1.82) is 0 Å². The quantitative estimate of drug-likeness (QED) is 0.292. The van der Waals surface area contributed by atoms with Gasteiger partial charge in [-0.05, 0) is 24.6 Å². The number of amidine groups is 1. The van der Waals surface area contributed by atoms with E-state index < -0.39 is 11.7 Å². The largest absolute Gasteiger partial charge is 0.409 e. The van der Waals surface area contributed by atoms with Gasteiger partial charge >= 0.3 is 0 Å². The van der Waals surface area contributed by atoms with Gasteiger partial charge in [-0.15, -0.1) is 0 Å². The Morgan fingerprint density at radius 3 is 2.90 bits per heavy atom. The van der Waals surface area contributed by atoms with Crippen LogP contribution in [0.25, 0.3) is 0 Å². The molecule has 2 aromatic rings. The lowest BCUT2D eigenvalue weighted by molar-refractivity contribution is 0.102. The fourth-order valence-corrected chi connectivity index (χ4v) is 1.61. The first-order valence-electron chi connectivity index (χ1n) is 5.61. The zero-order valence-electron chi connectivity index (χ0n) is 10.5. The molecule has 1 aromatic heterocycles. The third kappa shape index (κ3) is 2.58. The summed E-state index contributed by atoms with van der Waals surface area (Å²) in [5.74, 6) is -1.41. The number of hydrogen-bond donors (Lipinski definition) is 4. The minimum Gasteiger partial charge on any atom is -0.409 e. The summed E-state index contributed by atoms with van der Waals surface area (Å²) in [7, 11) is 0. The van der Waals surface area contributed by atoms with Crippen LogP contribution in [0.15, 0.2) is 29.6 Å². The van der Waals surface area contributed by atoms with Gasteiger partial charge in [0, 0.05) is 0 Å². The number of aromatic nitrogens is 2. The van der Waals surface area contributed by atoms with Crippen molar-refractivity contribution in [3.8, 4) is 0 Å². The highest BCUT2D eigenvalue weighted by atomic mass is 19.1. The van der Waals surface area contributed by atoms with Crippen LogP contribution in [0.4, 0.5) is 10.2 Å². The molecule has 0 radical (unpaired) electrons. The smallest absolute Gasteiger partial charge is 0.259 e. The SMILES string of the molecule is Cc1ccc(C(=O)Nc2[nH]ncc2/C(N)=N/O)c(F)c1. The van der Waals surface area contributed by atoms with Crippen molar-refractivity contribution < 1.29 is 14.4 Å². The van der Waals surface area contributed by atoms with Crippen LogP contribution < -0.4 is 11.1 Å². The van der Waals surface area contributed by atoms with Crippen LogP contribution in [0.2, 0.25) is 0 Å².